The van der Waals surface area contributed by atoms with E-state index in [0.717, 1.165) is 26.3 Å². The Labute approximate surface area is 104 Å². The van der Waals surface area contributed by atoms with Crippen molar-refractivity contribution in [3.05, 3.63) is 18.0 Å². The van der Waals surface area contributed by atoms with Crippen molar-refractivity contribution in [2.24, 2.45) is 5.92 Å². The summed E-state index contributed by atoms with van der Waals surface area (Å²) in [5.74, 6) is 0.584. The van der Waals surface area contributed by atoms with Crippen LogP contribution in [0, 0.1) is 12.8 Å². The van der Waals surface area contributed by atoms with E-state index in [-0.39, 0.29) is 0 Å². The summed E-state index contributed by atoms with van der Waals surface area (Å²) in [6.45, 7) is 11.9. The summed E-state index contributed by atoms with van der Waals surface area (Å²) in [7, 11) is 0. The van der Waals surface area contributed by atoms with Crippen LogP contribution in [0.1, 0.15) is 26.3 Å². The van der Waals surface area contributed by atoms with Crippen molar-refractivity contribution in [3.8, 4) is 0 Å². The van der Waals surface area contributed by atoms with Crippen molar-refractivity contribution in [2.75, 3.05) is 19.8 Å². The molecule has 1 unspecified atom stereocenters. The second-order valence-electron chi connectivity index (χ2n) is 4.74. The summed E-state index contributed by atoms with van der Waals surface area (Å²) in [6, 6.07) is 0.423. The molecule has 4 nitrogen and oxygen atoms in total. The third-order valence-electron chi connectivity index (χ3n) is 2.82. The Hall–Kier alpha value is -0.870. The highest BCUT2D eigenvalue weighted by Crippen LogP contribution is 2.02. The van der Waals surface area contributed by atoms with Crippen LogP contribution in [0.25, 0.3) is 0 Å². The van der Waals surface area contributed by atoms with Gasteiger partial charge in [0.15, 0.2) is 0 Å². The van der Waals surface area contributed by atoms with E-state index in [1.165, 1.54) is 5.56 Å². The molecule has 4 heteroatoms. The van der Waals surface area contributed by atoms with Crippen LogP contribution in [0.5, 0.6) is 0 Å². The standard InChI is InChI=1S/C13H25N3O/c1-5-17-10-13(11(2)3)14-6-7-16-9-12(4)8-15-16/h8-9,11,13-14H,5-7,10H2,1-4H3. The van der Waals surface area contributed by atoms with Gasteiger partial charge in [0.2, 0.25) is 0 Å². The number of rotatable bonds is 8. The van der Waals surface area contributed by atoms with Crippen LogP contribution in [0.4, 0.5) is 0 Å². The summed E-state index contributed by atoms with van der Waals surface area (Å²) < 4.78 is 7.45. The number of aromatic nitrogens is 2. The maximum atomic E-state index is 5.48. The molecular formula is C13H25N3O. The van der Waals surface area contributed by atoms with Crippen molar-refractivity contribution in [1.29, 1.82) is 0 Å². The Morgan fingerprint density at radius 1 is 1.47 bits per heavy atom. The quantitative estimate of drug-likeness (QED) is 0.752. The van der Waals surface area contributed by atoms with Gasteiger partial charge in [0, 0.05) is 25.4 Å². The van der Waals surface area contributed by atoms with Gasteiger partial charge in [-0.15, -0.1) is 0 Å². The highest BCUT2D eigenvalue weighted by molar-refractivity contribution is 4.99. The number of nitrogens with zero attached hydrogens (tertiary/aromatic N) is 2. The second-order valence-corrected chi connectivity index (χ2v) is 4.74. The van der Waals surface area contributed by atoms with Crippen LogP contribution in [-0.2, 0) is 11.3 Å². The molecule has 0 aromatic carbocycles. The molecule has 0 spiro atoms. The average Bonchev–Trinajstić information content (AvgIpc) is 2.68. The smallest absolute Gasteiger partial charge is 0.0621 e. The van der Waals surface area contributed by atoms with E-state index < -0.39 is 0 Å². The first-order valence-corrected chi connectivity index (χ1v) is 6.43. The van der Waals surface area contributed by atoms with E-state index in [1.54, 1.807) is 0 Å². The molecule has 0 saturated carbocycles. The van der Waals surface area contributed by atoms with Crippen LogP contribution < -0.4 is 5.32 Å². The molecule has 0 aliphatic carbocycles. The van der Waals surface area contributed by atoms with E-state index in [1.807, 2.05) is 17.8 Å². The highest BCUT2D eigenvalue weighted by Gasteiger charge is 2.12. The highest BCUT2D eigenvalue weighted by atomic mass is 16.5. The SMILES string of the molecule is CCOCC(NCCn1cc(C)cn1)C(C)C. The summed E-state index contributed by atoms with van der Waals surface area (Å²) in [5.41, 5.74) is 1.21. The maximum Gasteiger partial charge on any atom is 0.0621 e. The number of hydrogen-bond acceptors (Lipinski definition) is 3. The van der Waals surface area contributed by atoms with Crippen molar-refractivity contribution < 1.29 is 4.74 Å². The summed E-state index contributed by atoms with van der Waals surface area (Å²) >= 11 is 0. The van der Waals surface area contributed by atoms with Crippen LogP contribution in [0.2, 0.25) is 0 Å². The van der Waals surface area contributed by atoms with Gasteiger partial charge in [0.05, 0.1) is 19.3 Å². The van der Waals surface area contributed by atoms with Gasteiger partial charge in [-0.3, -0.25) is 4.68 Å². The molecule has 1 aromatic rings. The number of ether oxygens (including phenoxy) is 1. The molecule has 0 bridgehead atoms. The lowest BCUT2D eigenvalue weighted by Gasteiger charge is -2.22. The molecule has 1 heterocycles. The molecule has 1 atom stereocenters. The lowest BCUT2D eigenvalue weighted by molar-refractivity contribution is 0.108. The largest absolute Gasteiger partial charge is 0.380 e. The van der Waals surface area contributed by atoms with Crippen LogP contribution >= 0.6 is 0 Å². The van der Waals surface area contributed by atoms with Crippen LogP contribution in [-0.4, -0.2) is 35.6 Å². The van der Waals surface area contributed by atoms with Crippen molar-refractivity contribution in [1.82, 2.24) is 15.1 Å². The third kappa shape index (κ3) is 5.33. The Morgan fingerprint density at radius 3 is 2.76 bits per heavy atom. The van der Waals surface area contributed by atoms with E-state index >= 15 is 0 Å². The van der Waals surface area contributed by atoms with E-state index in [0.29, 0.717) is 12.0 Å². The van der Waals surface area contributed by atoms with E-state index in [9.17, 15) is 0 Å². The zero-order valence-electron chi connectivity index (χ0n) is 11.4. The van der Waals surface area contributed by atoms with Crippen molar-refractivity contribution >= 4 is 0 Å². The summed E-state index contributed by atoms with van der Waals surface area (Å²) in [4.78, 5) is 0. The molecule has 0 aliphatic heterocycles. The first-order valence-electron chi connectivity index (χ1n) is 6.43. The fraction of sp³-hybridized carbons (Fsp3) is 0.769. The predicted molar refractivity (Wildman–Crippen MR) is 70.1 cm³/mol. The average molecular weight is 239 g/mol. The minimum Gasteiger partial charge on any atom is -0.380 e. The first-order chi connectivity index (χ1) is 8.13. The summed E-state index contributed by atoms with van der Waals surface area (Å²) in [5, 5.41) is 7.79. The number of aryl methyl sites for hydroxylation is 1. The maximum absolute atomic E-state index is 5.48. The lowest BCUT2D eigenvalue weighted by Crippen LogP contribution is -2.39. The van der Waals surface area contributed by atoms with Gasteiger partial charge in [-0.25, -0.2) is 0 Å². The molecule has 0 fully saturated rings. The van der Waals surface area contributed by atoms with Crippen LogP contribution in [0.15, 0.2) is 12.4 Å². The summed E-state index contributed by atoms with van der Waals surface area (Å²) in [6.07, 6.45) is 3.95. The van der Waals surface area contributed by atoms with E-state index in [4.69, 9.17) is 4.74 Å². The fourth-order valence-electron chi connectivity index (χ4n) is 1.69. The van der Waals surface area contributed by atoms with Gasteiger partial charge in [-0.2, -0.15) is 5.10 Å². The molecular weight excluding hydrogens is 214 g/mol. The lowest BCUT2D eigenvalue weighted by atomic mass is 10.1. The first kappa shape index (κ1) is 14.2. The molecule has 1 aromatic heterocycles. The predicted octanol–water partition coefficient (Wildman–Crippen LogP) is 1.84. The van der Waals surface area contributed by atoms with Gasteiger partial charge in [0.25, 0.3) is 0 Å². The topological polar surface area (TPSA) is 39.1 Å². The second kappa shape index (κ2) is 7.45. The molecule has 0 amide bonds. The fourth-order valence-corrected chi connectivity index (χ4v) is 1.69. The third-order valence-corrected chi connectivity index (χ3v) is 2.82. The normalized spacial score (nSPS) is 13.2. The zero-order chi connectivity index (χ0) is 12.7. The molecule has 1 N–H and O–H groups in total. The monoisotopic (exact) mass is 239 g/mol. The van der Waals surface area contributed by atoms with Crippen molar-refractivity contribution in [2.45, 2.75) is 40.3 Å². The Morgan fingerprint density at radius 2 is 2.24 bits per heavy atom. The van der Waals surface area contributed by atoms with E-state index in [2.05, 4.69) is 37.4 Å². The molecule has 17 heavy (non-hydrogen) atoms. The minimum atomic E-state index is 0.423. The Kier molecular flexibility index (Phi) is 6.22. The Bertz CT molecular complexity index is 309. The molecule has 0 radical (unpaired) electrons. The van der Waals surface area contributed by atoms with Gasteiger partial charge < -0.3 is 10.1 Å². The zero-order valence-corrected chi connectivity index (χ0v) is 11.4. The minimum absolute atomic E-state index is 0.423. The molecule has 0 aliphatic rings. The molecule has 1 rings (SSSR count). The Balaban J connectivity index is 2.26. The van der Waals surface area contributed by atoms with Gasteiger partial charge in [0.1, 0.15) is 0 Å². The van der Waals surface area contributed by atoms with Gasteiger partial charge >= 0.3 is 0 Å². The van der Waals surface area contributed by atoms with Crippen LogP contribution in [0.3, 0.4) is 0 Å². The number of nitrogens with one attached hydrogen (secondary N) is 1. The molecule has 0 saturated heterocycles. The van der Waals surface area contributed by atoms with Crippen molar-refractivity contribution in [3.63, 3.8) is 0 Å². The number of hydrogen-bond donors (Lipinski definition) is 1. The van der Waals surface area contributed by atoms with Gasteiger partial charge in [-0.1, -0.05) is 13.8 Å². The molecule has 98 valence electrons. The van der Waals surface area contributed by atoms with Gasteiger partial charge in [-0.05, 0) is 25.3 Å².